The number of ether oxygens (including phenoxy) is 1. The van der Waals surface area contributed by atoms with Gasteiger partial charge in [0.25, 0.3) is 5.91 Å². The van der Waals surface area contributed by atoms with Crippen LogP contribution in [-0.4, -0.2) is 60.6 Å². The maximum Gasteiger partial charge on any atom is 0.257 e. The molecule has 5 heteroatoms. The number of hydrogen-bond acceptors (Lipinski definition) is 4. The summed E-state index contributed by atoms with van der Waals surface area (Å²) in [6.07, 6.45) is 4.80. The molecule has 1 amide bonds. The molecule has 3 rings (SSSR count). The number of methoxy groups -OCH3 is 1. The highest BCUT2D eigenvalue weighted by Gasteiger charge is 2.28. The molecule has 2 fully saturated rings. The predicted molar refractivity (Wildman–Crippen MR) is 98.1 cm³/mol. The van der Waals surface area contributed by atoms with Crippen molar-refractivity contribution in [1.82, 2.24) is 9.80 Å². The normalized spacial score (nSPS) is 22.8. The first-order chi connectivity index (χ1) is 12.1. The molecule has 2 aliphatic rings. The van der Waals surface area contributed by atoms with E-state index >= 15 is 0 Å². The van der Waals surface area contributed by atoms with E-state index in [1.165, 1.54) is 38.4 Å². The summed E-state index contributed by atoms with van der Waals surface area (Å²) >= 11 is 0. The molecule has 0 aromatic heterocycles. The molecule has 0 saturated carbocycles. The fourth-order valence-electron chi connectivity index (χ4n) is 4.00. The highest BCUT2D eigenvalue weighted by atomic mass is 16.5. The Bertz CT molecular complexity index is 597. The van der Waals surface area contributed by atoms with Crippen molar-refractivity contribution in [2.24, 2.45) is 11.8 Å². The van der Waals surface area contributed by atoms with Crippen LogP contribution in [0.1, 0.15) is 43.0 Å². The van der Waals surface area contributed by atoms with Gasteiger partial charge in [-0.05, 0) is 62.7 Å². The molecule has 0 spiro atoms. The second-order valence-electron chi connectivity index (χ2n) is 7.63. The van der Waals surface area contributed by atoms with Crippen molar-refractivity contribution < 1.29 is 14.6 Å². The number of rotatable bonds is 4. The van der Waals surface area contributed by atoms with Crippen molar-refractivity contribution in [3.63, 3.8) is 0 Å². The molecule has 1 aromatic carbocycles. The number of carbonyl (C=O) groups excluding carboxylic acids is 1. The van der Waals surface area contributed by atoms with Crippen LogP contribution < -0.4 is 4.74 Å². The van der Waals surface area contributed by atoms with Crippen molar-refractivity contribution in [2.45, 2.75) is 32.6 Å². The monoisotopic (exact) mass is 346 g/mol. The molecule has 1 unspecified atom stereocenters. The van der Waals surface area contributed by atoms with E-state index in [9.17, 15) is 9.90 Å². The van der Waals surface area contributed by atoms with E-state index in [-0.39, 0.29) is 11.7 Å². The molecule has 2 heterocycles. The summed E-state index contributed by atoms with van der Waals surface area (Å²) in [5, 5.41) is 10.1. The number of phenols is 1. The average molecular weight is 346 g/mol. The summed E-state index contributed by atoms with van der Waals surface area (Å²) in [4.78, 5) is 17.3. The van der Waals surface area contributed by atoms with E-state index < -0.39 is 0 Å². The number of nitrogens with zero attached hydrogens (tertiary/aromatic N) is 2. The maximum atomic E-state index is 12.8. The highest BCUT2D eigenvalue weighted by Crippen LogP contribution is 2.27. The second-order valence-corrected chi connectivity index (χ2v) is 7.63. The van der Waals surface area contributed by atoms with Gasteiger partial charge in [0.15, 0.2) is 0 Å². The molecular formula is C20H30N2O3. The molecule has 1 N–H and O–H groups in total. The van der Waals surface area contributed by atoms with Crippen LogP contribution in [0.3, 0.4) is 0 Å². The zero-order valence-electron chi connectivity index (χ0n) is 15.4. The van der Waals surface area contributed by atoms with Crippen LogP contribution in [0, 0.1) is 11.8 Å². The van der Waals surface area contributed by atoms with E-state index in [1.807, 2.05) is 4.90 Å². The fraction of sp³-hybridized carbons (Fsp3) is 0.650. The molecule has 0 bridgehead atoms. The Morgan fingerprint density at radius 2 is 2.00 bits per heavy atom. The first-order valence-corrected chi connectivity index (χ1v) is 9.45. The third kappa shape index (κ3) is 4.46. The SMILES string of the molecule is COc1ccc(C(=O)N2CCCC(CN3CCC(C)CC3)C2)c(O)c1. The lowest BCUT2D eigenvalue weighted by Gasteiger charge is -2.38. The molecule has 25 heavy (non-hydrogen) atoms. The summed E-state index contributed by atoms with van der Waals surface area (Å²) in [6, 6.07) is 4.89. The van der Waals surface area contributed by atoms with Gasteiger partial charge in [0.2, 0.25) is 0 Å². The van der Waals surface area contributed by atoms with Gasteiger partial charge in [0.05, 0.1) is 12.7 Å². The fourth-order valence-corrected chi connectivity index (χ4v) is 4.00. The third-order valence-corrected chi connectivity index (χ3v) is 5.63. The van der Waals surface area contributed by atoms with Crippen LogP contribution in [0.15, 0.2) is 18.2 Å². The number of amides is 1. The number of phenolic OH excluding ortho intramolecular Hbond substituents is 1. The lowest BCUT2D eigenvalue weighted by molar-refractivity contribution is 0.0619. The van der Waals surface area contributed by atoms with E-state index in [1.54, 1.807) is 19.2 Å². The Morgan fingerprint density at radius 3 is 2.68 bits per heavy atom. The summed E-state index contributed by atoms with van der Waals surface area (Å²) in [5.41, 5.74) is 0.369. The van der Waals surface area contributed by atoms with E-state index in [2.05, 4.69) is 11.8 Å². The lowest BCUT2D eigenvalue weighted by Crippen LogP contribution is -2.45. The van der Waals surface area contributed by atoms with Crippen LogP contribution in [-0.2, 0) is 0 Å². The van der Waals surface area contributed by atoms with Crippen molar-refractivity contribution in [2.75, 3.05) is 39.8 Å². The van der Waals surface area contributed by atoms with Gasteiger partial charge in [0.1, 0.15) is 11.5 Å². The molecule has 0 aliphatic carbocycles. The number of likely N-dealkylation sites (tertiary alicyclic amines) is 2. The molecule has 1 atom stereocenters. The van der Waals surface area contributed by atoms with Crippen LogP contribution in [0.4, 0.5) is 0 Å². The van der Waals surface area contributed by atoms with Gasteiger partial charge in [0, 0.05) is 25.7 Å². The lowest BCUT2D eigenvalue weighted by atomic mass is 9.94. The Balaban J connectivity index is 1.60. The van der Waals surface area contributed by atoms with Gasteiger partial charge in [-0.2, -0.15) is 0 Å². The molecule has 2 aliphatic heterocycles. The van der Waals surface area contributed by atoms with Gasteiger partial charge >= 0.3 is 0 Å². The molecule has 1 aromatic rings. The van der Waals surface area contributed by atoms with Gasteiger partial charge in [-0.15, -0.1) is 0 Å². The quantitative estimate of drug-likeness (QED) is 0.911. The predicted octanol–water partition coefficient (Wildman–Crippen LogP) is 2.98. The summed E-state index contributed by atoms with van der Waals surface area (Å²) in [6.45, 7) is 7.36. The largest absolute Gasteiger partial charge is 0.507 e. The first-order valence-electron chi connectivity index (χ1n) is 9.45. The number of aromatic hydroxyl groups is 1. The topological polar surface area (TPSA) is 53.0 Å². The van der Waals surface area contributed by atoms with Crippen LogP contribution in [0.5, 0.6) is 11.5 Å². The van der Waals surface area contributed by atoms with E-state index in [0.717, 1.165) is 32.0 Å². The second kappa shape index (κ2) is 8.09. The number of benzene rings is 1. The van der Waals surface area contributed by atoms with Crippen molar-refractivity contribution in [3.8, 4) is 11.5 Å². The highest BCUT2D eigenvalue weighted by molar-refractivity contribution is 5.97. The summed E-state index contributed by atoms with van der Waals surface area (Å²) in [5.74, 6) is 1.86. The Hall–Kier alpha value is -1.75. The Kier molecular flexibility index (Phi) is 5.84. The van der Waals surface area contributed by atoms with E-state index in [0.29, 0.717) is 17.2 Å². The van der Waals surface area contributed by atoms with Crippen LogP contribution in [0.25, 0.3) is 0 Å². The first kappa shape index (κ1) is 18.1. The van der Waals surface area contributed by atoms with Crippen LogP contribution >= 0.6 is 0 Å². The maximum absolute atomic E-state index is 12.8. The molecule has 138 valence electrons. The van der Waals surface area contributed by atoms with Gasteiger partial charge in [-0.1, -0.05) is 6.92 Å². The number of carbonyl (C=O) groups is 1. The number of hydrogen-bond donors (Lipinski definition) is 1. The van der Waals surface area contributed by atoms with Gasteiger partial charge in [-0.3, -0.25) is 4.79 Å². The van der Waals surface area contributed by atoms with Gasteiger partial charge in [-0.25, -0.2) is 0 Å². The minimum Gasteiger partial charge on any atom is -0.507 e. The van der Waals surface area contributed by atoms with Crippen molar-refractivity contribution >= 4 is 5.91 Å². The van der Waals surface area contributed by atoms with Crippen molar-refractivity contribution in [1.29, 1.82) is 0 Å². The minimum atomic E-state index is -0.0721. The van der Waals surface area contributed by atoms with E-state index in [4.69, 9.17) is 4.74 Å². The van der Waals surface area contributed by atoms with Crippen LogP contribution in [0.2, 0.25) is 0 Å². The Labute approximate surface area is 150 Å². The molecule has 5 nitrogen and oxygen atoms in total. The molecule has 0 radical (unpaired) electrons. The molecular weight excluding hydrogens is 316 g/mol. The zero-order valence-corrected chi connectivity index (χ0v) is 15.4. The smallest absolute Gasteiger partial charge is 0.257 e. The summed E-state index contributed by atoms with van der Waals surface area (Å²) in [7, 11) is 1.55. The molecule has 2 saturated heterocycles. The van der Waals surface area contributed by atoms with Crippen molar-refractivity contribution in [3.05, 3.63) is 23.8 Å². The van der Waals surface area contributed by atoms with Gasteiger partial charge < -0.3 is 19.6 Å². The standard InChI is InChI=1S/C20H30N2O3/c1-15-7-10-21(11-8-15)13-16-4-3-9-22(14-16)20(24)18-6-5-17(25-2)12-19(18)23/h5-6,12,15-16,23H,3-4,7-11,13-14H2,1-2H3. The summed E-state index contributed by atoms with van der Waals surface area (Å²) < 4.78 is 5.09. The number of piperidine rings is 2. The zero-order chi connectivity index (χ0) is 17.8. The third-order valence-electron chi connectivity index (χ3n) is 5.63. The Morgan fingerprint density at radius 1 is 1.24 bits per heavy atom. The average Bonchev–Trinajstić information content (AvgIpc) is 2.63. The minimum absolute atomic E-state index is 0.00325.